The maximum absolute atomic E-state index is 11.5. The Morgan fingerprint density at radius 2 is 2.00 bits per heavy atom. The standard InChI is InChI=1S/C7H11F3O3/c1-2-13-6(11)5-12-4-3-7(8,9)10/h2-5H2,1H3. The fourth-order valence-electron chi connectivity index (χ4n) is 0.546. The molecule has 0 unspecified atom stereocenters. The number of carbonyl (C=O) groups is 1. The van der Waals surface area contributed by atoms with Gasteiger partial charge in [-0.1, -0.05) is 0 Å². The third-order valence-corrected chi connectivity index (χ3v) is 1.06. The fraction of sp³-hybridized carbons (Fsp3) is 0.857. The van der Waals surface area contributed by atoms with E-state index in [-0.39, 0.29) is 6.61 Å². The summed E-state index contributed by atoms with van der Waals surface area (Å²) in [7, 11) is 0. The van der Waals surface area contributed by atoms with E-state index in [0.29, 0.717) is 0 Å². The molecule has 0 N–H and O–H groups in total. The van der Waals surface area contributed by atoms with Crippen LogP contribution in [0.25, 0.3) is 0 Å². The zero-order valence-corrected chi connectivity index (χ0v) is 7.19. The van der Waals surface area contributed by atoms with Crippen LogP contribution in [-0.2, 0) is 14.3 Å². The van der Waals surface area contributed by atoms with Crippen LogP contribution in [0.5, 0.6) is 0 Å². The van der Waals surface area contributed by atoms with Gasteiger partial charge < -0.3 is 9.47 Å². The van der Waals surface area contributed by atoms with Crippen molar-refractivity contribution in [1.82, 2.24) is 0 Å². The van der Waals surface area contributed by atoms with Crippen LogP contribution < -0.4 is 0 Å². The van der Waals surface area contributed by atoms with Gasteiger partial charge in [0.2, 0.25) is 0 Å². The van der Waals surface area contributed by atoms with Gasteiger partial charge in [-0.2, -0.15) is 13.2 Å². The molecule has 0 atom stereocenters. The van der Waals surface area contributed by atoms with Crippen molar-refractivity contribution < 1.29 is 27.4 Å². The van der Waals surface area contributed by atoms with Crippen LogP contribution in [0, 0.1) is 0 Å². The molecule has 6 heteroatoms. The molecule has 0 saturated carbocycles. The number of rotatable bonds is 5. The van der Waals surface area contributed by atoms with E-state index in [1.54, 1.807) is 6.92 Å². The predicted octanol–water partition coefficient (Wildman–Crippen LogP) is 1.52. The summed E-state index contributed by atoms with van der Waals surface area (Å²) in [6.07, 6.45) is -5.29. The number of hydrogen-bond acceptors (Lipinski definition) is 3. The molecule has 0 saturated heterocycles. The van der Waals surface area contributed by atoms with Crippen LogP contribution in [0.2, 0.25) is 0 Å². The van der Waals surface area contributed by atoms with Crippen molar-refractivity contribution >= 4 is 5.97 Å². The molecular formula is C7H11F3O3. The third kappa shape index (κ3) is 9.13. The van der Waals surface area contributed by atoms with E-state index >= 15 is 0 Å². The second kappa shape index (κ2) is 5.80. The van der Waals surface area contributed by atoms with Gasteiger partial charge in [0.15, 0.2) is 0 Å². The fourth-order valence-corrected chi connectivity index (χ4v) is 0.546. The summed E-state index contributed by atoms with van der Waals surface area (Å²) in [5.41, 5.74) is 0. The lowest BCUT2D eigenvalue weighted by molar-refractivity contribution is -0.157. The minimum Gasteiger partial charge on any atom is -0.464 e. The predicted molar refractivity (Wildman–Crippen MR) is 38.1 cm³/mol. The normalized spacial score (nSPS) is 11.4. The van der Waals surface area contributed by atoms with Gasteiger partial charge in [0.25, 0.3) is 0 Å². The molecule has 0 fully saturated rings. The molecule has 78 valence electrons. The second-order valence-corrected chi connectivity index (χ2v) is 2.22. The third-order valence-electron chi connectivity index (χ3n) is 1.06. The van der Waals surface area contributed by atoms with Gasteiger partial charge in [0.05, 0.1) is 19.6 Å². The van der Waals surface area contributed by atoms with Crippen molar-refractivity contribution in [3.63, 3.8) is 0 Å². The zero-order chi connectivity index (χ0) is 10.3. The first-order valence-electron chi connectivity index (χ1n) is 3.76. The van der Waals surface area contributed by atoms with Crippen LogP contribution in [-0.4, -0.2) is 32.0 Å². The van der Waals surface area contributed by atoms with Crippen LogP contribution in [0.4, 0.5) is 13.2 Å². The molecule has 0 heterocycles. The highest BCUT2D eigenvalue weighted by atomic mass is 19.4. The molecule has 0 aromatic carbocycles. The first kappa shape index (κ1) is 12.2. The summed E-state index contributed by atoms with van der Waals surface area (Å²) in [4.78, 5) is 10.5. The van der Waals surface area contributed by atoms with E-state index in [2.05, 4.69) is 9.47 Å². The van der Waals surface area contributed by atoms with Gasteiger partial charge in [-0.25, -0.2) is 4.79 Å². The largest absolute Gasteiger partial charge is 0.464 e. The highest BCUT2D eigenvalue weighted by Gasteiger charge is 2.26. The number of hydrogen-bond donors (Lipinski definition) is 0. The first-order valence-corrected chi connectivity index (χ1v) is 3.76. The summed E-state index contributed by atoms with van der Waals surface area (Å²) in [5.74, 6) is -0.648. The SMILES string of the molecule is CCOC(=O)COCCC(F)(F)F. The van der Waals surface area contributed by atoms with Gasteiger partial charge in [0.1, 0.15) is 6.61 Å². The molecule has 0 bridgehead atoms. The van der Waals surface area contributed by atoms with Crippen LogP contribution in [0.15, 0.2) is 0 Å². The number of alkyl halides is 3. The van der Waals surface area contributed by atoms with Gasteiger partial charge in [-0.3, -0.25) is 0 Å². The Morgan fingerprint density at radius 3 is 2.46 bits per heavy atom. The van der Waals surface area contributed by atoms with E-state index < -0.39 is 31.8 Å². The Bertz CT molecular complexity index is 156. The second-order valence-electron chi connectivity index (χ2n) is 2.22. The highest BCUT2D eigenvalue weighted by molar-refractivity contribution is 5.70. The van der Waals surface area contributed by atoms with Crippen molar-refractivity contribution in [1.29, 1.82) is 0 Å². The monoisotopic (exact) mass is 200 g/mol. The van der Waals surface area contributed by atoms with Crippen molar-refractivity contribution in [2.24, 2.45) is 0 Å². The van der Waals surface area contributed by atoms with Crippen LogP contribution in [0.3, 0.4) is 0 Å². The Balaban J connectivity index is 3.31. The zero-order valence-electron chi connectivity index (χ0n) is 7.19. The van der Waals surface area contributed by atoms with Crippen molar-refractivity contribution in [2.45, 2.75) is 19.5 Å². The molecule has 0 aliphatic carbocycles. The lowest BCUT2D eigenvalue weighted by Crippen LogP contribution is -2.16. The number of halogens is 3. The molecule has 3 nitrogen and oxygen atoms in total. The molecule has 13 heavy (non-hydrogen) atoms. The van der Waals surface area contributed by atoms with Crippen molar-refractivity contribution in [2.75, 3.05) is 19.8 Å². The molecule has 0 rings (SSSR count). The lowest BCUT2D eigenvalue weighted by Gasteiger charge is -2.06. The number of ether oxygens (including phenoxy) is 2. The van der Waals surface area contributed by atoms with Gasteiger partial charge >= 0.3 is 12.1 Å². The molecule has 0 aliphatic heterocycles. The quantitative estimate of drug-likeness (QED) is 0.498. The van der Waals surface area contributed by atoms with Crippen molar-refractivity contribution in [3.8, 4) is 0 Å². The summed E-state index contributed by atoms with van der Waals surface area (Å²) >= 11 is 0. The topological polar surface area (TPSA) is 35.5 Å². The first-order chi connectivity index (χ1) is 5.95. The van der Waals surface area contributed by atoms with Crippen molar-refractivity contribution in [3.05, 3.63) is 0 Å². The van der Waals surface area contributed by atoms with E-state index in [9.17, 15) is 18.0 Å². The average molecular weight is 200 g/mol. The molecule has 0 aromatic rings. The van der Waals surface area contributed by atoms with E-state index in [4.69, 9.17) is 0 Å². The average Bonchev–Trinajstić information content (AvgIpc) is 1.97. The van der Waals surface area contributed by atoms with Crippen LogP contribution >= 0.6 is 0 Å². The lowest BCUT2D eigenvalue weighted by atomic mass is 10.4. The molecule has 0 aliphatic rings. The smallest absolute Gasteiger partial charge is 0.391 e. The van der Waals surface area contributed by atoms with Gasteiger partial charge in [-0.15, -0.1) is 0 Å². The summed E-state index contributed by atoms with van der Waals surface area (Å²) < 4.78 is 43.5. The Labute approximate surface area is 73.8 Å². The minimum atomic E-state index is -4.24. The maximum atomic E-state index is 11.5. The van der Waals surface area contributed by atoms with Gasteiger partial charge in [0, 0.05) is 0 Å². The van der Waals surface area contributed by atoms with Gasteiger partial charge in [-0.05, 0) is 6.92 Å². The minimum absolute atomic E-state index is 0.196. The molecule has 0 spiro atoms. The summed E-state index contributed by atoms with van der Waals surface area (Å²) in [6, 6.07) is 0. The number of esters is 1. The molecule has 0 radical (unpaired) electrons. The Kier molecular flexibility index (Phi) is 5.45. The molecular weight excluding hydrogens is 189 g/mol. The van der Waals surface area contributed by atoms with E-state index in [1.807, 2.05) is 0 Å². The Morgan fingerprint density at radius 1 is 1.38 bits per heavy atom. The van der Waals surface area contributed by atoms with Crippen LogP contribution in [0.1, 0.15) is 13.3 Å². The Hall–Kier alpha value is -0.780. The summed E-state index contributed by atoms with van der Waals surface area (Å²) in [6.45, 7) is 0.862. The molecule has 0 aromatic heterocycles. The molecule has 0 amide bonds. The highest BCUT2D eigenvalue weighted by Crippen LogP contribution is 2.18. The maximum Gasteiger partial charge on any atom is 0.391 e. The number of carbonyl (C=O) groups excluding carboxylic acids is 1. The van der Waals surface area contributed by atoms with E-state index in [1.165, 1.54) is 0 Å². The van der Waals surface area contributed by atoms with E-state index in [0.717, 1.165) is 0 Å². The summed E-state index contributed by atoms with van der Waals surface area (Å²) in [5, 5.41) is 0.